The zero-order valence-electron chi connectivity index (χ0n) is 16.4. The van der Waals surface area contributed by atoms with Crippen LogP contribution in [0.15, 0.2) is 24.3 Å². The van der Waals surface area contributed by atoms with Gasteiger partial charge in [0, 0.05) is 13.0 Å². The van der Waals surface area contributed by atoms with E-state index in [4.69, 9.17) is 5.11 Å². The van der Waals surface area contributed by atoms with Crippen molar-refractivity contribution in [3.8, 4) is 0 Å². The van der Waals surface area contributed by atoms with Gasteiger partial charge >= 0.3 is 5.97 Å². The standard InChI is InChI=1S/C22H31FN2O3/c23-19-10-8-18(9-11-19)22(17-5-1-2-6-17)24-20(26)15-25-13-3-4-16(14-25)7-12-21(27)28/h8-11,16-17,22H,1-7,12-15H2,(H,24,26)(H,27,28). The number of carbonyl (C=O) groups excluding carboxylic acids is 1. The molecule has 3 rings (SSSR count). The van der Waals surface area contributed by atoms with E-state index in [1.54, 1.807) is 12.1 Å². The monoisotopic (exact) mass is 390 g/mol. The quantitative estimate of drug-likeness (QED) is 0.709. The highest BCUT2D eigenvalue weighted by molar-refractivity contribution is 5.78. The third kappa shape index (κ3) is 6.03. The lowest BCUT2D eigenvalue weighted by molar-refractivity contribution is -0.137. The van der Waals surface area contributed by atoms with Crippen LogP contribution in [0.3, 0.4) is 0 Å². The Bertz CT molecular complexity index is 658. The van der Waals surface area contributed by atoms with Crippen molar-refractivity contribution < 1.29 is 19.1 Å². The van der Waals surface area contributed by atoms with Crippen molar-refractivity contribution in [2.24, 2.45) is 11.8 Å². The second-order valence-corrected chi connectivity index (χ2v) is 8.32. The van der Waals surface area contributed by atoms with Gasteiger partial charge in [-0.2, -0.15) is 0 Å². The van der Waals surface area contributed by atoms with E-state index in [9.17, 15) is 14.0 Å². The Morgan fingerprint density at radius 3 is 2.54 bits per heavy atom. The van der Waals surface area contributed by atoms with E-state index in [0.29, 0.717) is 24.8 Å². The van der Waals surface area contributed by atoms with E-state index in [-0.39, 0.29) is 24.2 Å². The molecule has 1 aliphatic heterocycles. The Morgan fingerprint density at radius 2 is 1.86 bits per heavy atom. The van der Waals surface area contributed by atoms with Crippen LogP contribution in [-0.4, -0.2) is 41.5 Å². The Balaban J connectivity index is 1.57. The van der Waals surface area contributed by atoms with E-state index in [1.807, 2.05) is 0 Å². The van der Waals surface area contributed by atoms with Crippen molar-refractivity contribution >= 4 is 11.9 Å². The molecule has 2 N–H and O–H groups in total. The zero-order chi connectivity index (χ0) is 19.9. The van der Waals surface area contributed by atoms with Gasteiger partial charge in [-0.05, 0) is 68.2 Å². The molecular formula is C22H31FN2O3. The molecule has 2 aliphatic rings. The lowest BCUT2D eigenvalue weighted by atomic mass is 9.91. The minimum absolute atomic E-state index is 0.000101. The van der Waals surface area contributed by atoms with Crippen LogP contribution in [0.5, 0.6) is 0 Å². The van der Waals surface area contributed by atoms with Gasteiger partial charge in [-0.25, -0.2) is 4.39 Å². The Hall–Kier alpha value is -1.95. The minimum Gasteiger partial charge on any atom is -0.481 e. The number of halogens is 1. The summed E-state index contributed by atoms with van der Waals surface area (Å²) in [6, 6.07) is 6.41. The molecule has 1 amide bonds. The van der Waals surface area contributed by atoms with Gasteiger partial charge in [0.15, 0.2) is 0 Å². The summed E-state index contributed by atoms with van der Waals surface area (Å²) in [7, 11) is 0. The average Bonchev–Trinajstić information content (AvgIpc) is 3.20. The number of nitrogens with zero attached hydrogens (tertiary/aromatic N) is 1. The molecule has 2 fully saturated rings. The molecule has 28 heavy (non-hydrogen) atoms. The first-order valence-corrected chi connectivity index (χ1v) is 10.5. The van der Waals surface area contributed by atoms with Crippen molar-refractivity contribution in [1.29, 1.82) is 0 Å². The summed E-state index contributed by atoms with van der Waals surface area (Å²) in [5.41, 5.74) is 0.972. The van der Waals surface area contributed by atoms with Crippen molar-refractivity contribution in [3.05, 3.63) is 35.6 Å². The number of hydrogen-bond donors (Lipinski definition) is 2. The van der Waals surface area contributed by atoms with Gasteiger partial charge in [-0.1, -0.05) is 25.0 Å². The molecule has 5 nitrogen and oxygen atoms in total. The number of nitrogens with one attached hydrogen (secondary N) is 1. The fourth-order valence-electron chi connectivity index (χ4n) is 4.71. The van der Waals surface area contributed by atoms with Crippen LogP contribution in [0, 0.1) is 17.7 Å². The summed E-state index contributed by atoms with van der Waals surface area (Å²) >= 11 is 0. The maximum absolute atomic E-state index is 13.3. The van der Waals surface area contributed by atoms with Gasteiger partial charge in [-0.15, -0.1) is 0 Å². The largest absolute Gasteiger partial charge is 0.481 e. The maximum Gasteiger partial charge on any atom is 0.303 e. The number of carboxylic acid groups (broad SMARTS) is 1. The summed E-state index contributed by atoms with van der Waals surface area (Å²) in [4.78, 5) is 25.7. The third-order valence-corrected chi connectivity index (χ3v) is 6.15. The Morgan fingerprint density at radius 1 is 1.14 bits per heavy atom. The molecule has 1 aromatic rings. The number of rotatable bonds is 8. The van der Waals surface area contributed by atoms with Crippen LogP contribution in [-0.2, 0) is 9.59 Å². The van der Waals surface area contributed by atoms with Crippen molar-refractivity contribution in [2.45, 2.75) is 57.4 Å². The predicted octanol–water partition coefficient (Wildman–Crippen LogP) is 3.75. The fraction of sp³-hybridized carbons (Fsp3) is 0.636. The van der Waals surface area contributed by atoms with Crippen LogP contribution in [0.25, 0.3) is 0 Å². The maximum atomic E-state index is 13.3. The number of piperidine rings is 1. The molecule has 1 saturated carbocycles. The summed E-state index contributed by atoms with van der Waals surface area (Å²) in [6.45, 7) is 2.00. The number of hydrogen-bond acceptors (Lipinski definition) is 3. The number of amides is 1. The van der Waals surface area contributed by atoms with Crippen molar-refractivity contribution in [1.82, 2.24) is 10.2 Å². The molecule has 6 heteroatoms. The molecule has 2 atom stereocenters. The molecule has 1 heterocycles. The summed E-state index contributed by atoms with van der Waals surface area (Å²) in [5.74, 6) is -0.269. The molecule has 1 aromatic carbocycles. The highest BCUT2D eigenvalue weighted by Crippen LogP contribution is 2.35. The van der Waals surface area contributed by atoms with Gasteiger partial charge in [0.1, 0.15) is 5.82 Å². The number of carbonyl (C=O) groups is 2. The summed E-state index contributed by atoms with van der Waals surface area (Å²) in [5, 5.41) is 12.1. The highest BCUT2D eigenvalue weighted by atomic mass is 19.1. The zero-order valence-corrected chi connectivity index (χ0v) is 16.4. The Labute approximate surface area is 166 Å². The molecule has 1 saturated heterocycles. The molecule has 0 bridgehead atoms. The second-order valence-electron chi connectivity index (χ2n) is 8.32. The third-order valence-electron chi connectivity index (χ3n) is 6.15. The lowest BCUT2D eigenvalue weighted by Crippen LogP contribution is -2.44. The van der Waals surface area contributed by atoms with E-state index < -0.39 is 5.97 Å². The van der Waals surface area contributed by atoms with E-state index in [0.717, 1.165) is 44.3 Å². The lowest BCUT2D eigenvalue weighted by Gasteiger charge is -2.33. The number of benzene rings is 1. The van der Waals surface area contributed by atoms with E-state index in [1.165, 1.54) is 25.0 Å². The minimum atomic E-state index is -0.756. The smallest absolute Gasteiger partial charge is 0.303 e. The normalized spacial score (nSPS) is 22.1. The summed E-state index contributed by atoms with van der Waals surface area (Å²) in [6.07, 6.45) is 7.43. The van der Waals surface area contributed by atoms with Gasteiger partial charge in [0.2, 0.25) is 5.91 Å². The summed E-state index contributed by atoms with van der Waals surface area (Å²) < 4.78 is 13.3. The molecule has 0 spiro atoms. The molecule has 2 unspecified atom stereocenters. The first-order chi connectivity index (χ1) is 13.5. The number of aliphatic carboxylic acids is 1. The van der Waals surface area contributed by atoms with Gasteiger partial charge in [0.25, 0.3) is 0 Å². The number of likely N-dealkylation sites (tertiary alicyclic amines) is 1. The van der Waals surface area contributed by atoms with Crippen LogP contribution < -0.4 is 5.32 Å². The molecule has 154 valence electrons. The Kier molecular flexibility index (Phi) is 7.43. The molecule has 0 radical (unpaired) electrons. The van der Waals surface area contributed by atoms with Gasteiger partial charge in [-0.3, -0.25) is 14.5 Å². The molecule has 0 aromatic heterocycles. The topological polar surface area (TPSA) is 69.6 Å². The number of carboxylic acids is 1. The van der Waals surface area contributed by atoms with E-state index in [2.05, 4.69) is 10.2 Å². The van der Waals surface area contributed by atoms with Crippen LogP contribution in [0.4, 0.5) is 4.39 Å². The van der Waals surface area contributed by atoms with E-state index >= 15 is 0 Å². The highest BCUT2D eigenvalue weighted by Gasteiger charge is 2.29. The van der Waals surface area contributed by atoms with Crippen molar-refractivity contribution in [3.63, 3.8) is 0 Å². The van der Waals surface area contributed by atoms with Crippen LogP contribution in [0.2, 0.25) is 0 Å². The van der Waals surface area contributed by atoms with Gasteiger partial charge in [0.05, 0.1) is 12.6 Å². The van der Waals surface area contributed by atoms with Crippen molar-refractivity contribution in [2.75, 3.05) is 19.6 Å². The second kappa shape index (κ2) is 10.0. The van der Waals surface area contributed by atoms with Gasteiger partial charge < -0.3 is 10.4 Å². The average molecular weight is 390 g/mol. The predicted molar refractivity (Wildman–Crippen MR) is 105 cm³/mol. The first-order valence-electron chi connectivity index (χ1n) is 10.5. The molecular weight excluding hydrogens is 359 g/mol. The fourth-order valence-corrected chi connectivity index (χ4v) is 4.71. The SMILES string of the molecule is O=C(O)CCC1CCCN(CC(=O)NC(c2ccc(F)cc2)C2CCCC2)C1. The molecule has 1 aliphatic carbocycles. The van der Waals surface area contributed by atoms with Crippen LogP contribution >= 0.6 is 0 Å². The first kappa shape index (κ1) is 20.8. The van der Waals surface area contributed by atoms with Crippen LogP contribution in [0.1, 0.15) is 63.0 Å².